The third-order valence-corrected chi connectivity index (χ3v) is 5.97. The van der Waals surface area contributed by atoms with Crippen molar-refractivity contribution >= 4 is 46.5 Å². The summed E-state index contributed by atoms with van der Waals surface area (Å²) in [6.45, 7) is 1.24. The number of rotatable bonds is 8. The first-order valence-corrected chi connectivity index (χ1v) is 11.4. The molecule has 0 unspecified atom stereocenters. The molecule has 0 amide bonds. The molecule has 192 valence electrons. The van der Waals surface area contributed by atoms with Gasteiger partial charge in [-0.15, -0.1) is 0 Å². The Morgan fingerprint density at radius 2 is 1.46 bits per heavy atom. The second-order valence-corrected chi connectivity index (χ2v) is 8.32. The van der Waals surface area contributed by atoms with Gasteiger partial charge in [0.2, 0.25) is 5.95 Å². The largest absolute Gasteiger partial charge is 0.468 e. The van der Waals surface area contributed by atoms with Gasteiger partial charge in [-0.05, 0) is 35.4 Å². The lowest BCUT2D eigenvalue weighted by Crippen LogP contribution is -2.37. The average molecular weight is 509 g/mol. The van der Waals surface area contributed by atoms with E-state index in [1.807, 2.05) is 24.3 Å². The Balaban J connectivity index is 1.32. The molecule has 3 heterocycles. The first-order valence-electron chi connectivity index (χ1n) is 11.4. The molecule has 0 aliphatic carbocycles. The van der Waals surface area contributed by atoms with Crippen LogP contribution in [-0.4, -0.2) is 49.2 Å². The van der Waals surface area contributed by atoms with Gasteiger partial charge < -0.3 is 20.1 Å². The molecule has 5 rings (SSSR count). The summed E-state index contributed by atoms with van der Waals surface area (Å²) >= 11 is 0. The van der Waals surface area contributed by atoms with Crippen molar-refractivity contribution in [3.05, 3.63) is 59.5 Å². The van der Waals surface area contributed by atoms with Gasteiger partial charge in [0.15, 0.2) is 11.6 Å². The topological polar surface area (TPSA) is 133 Å². The van der Waals surface area contributed by atoms with E-state index in [4.69, 9.17) is 9.47 Å². The van der Waals surface area contributed by atoms with Gasteiger partial charge in [-0.3, -0.25) is 19.6 Å². The number of benzene rings is 2. The zero-order chi connectivity index (χ0) is 25.9. The van der Waals surface area contributed by atoms with Crippen LogP contribution in [0.4, 0.5) is 38.9 Å². The molecule has 0 atom stereocenters. The minimum absolute atomic E-state index is 0.0157. The number of aromatic nitrogens is 2. The van der Waals surface area contributed by atoms with Crippen molar-refractivity contribution in [3.8, 4) is 0 Å². The van der Waals surface area contributed by atoms with E-state index < -0.39 is 5.82 Å². The number of nitrogens with one attached hydrogen (secondary N) is 4. The summed E-state index contributed by atoms with van der Waals surface area (Å²) in [7, 11) is 2.67. The Morgan fingerprint density at radius 3 is 2.00 bits per heavy atom. The van der Waals surface area contributed by atoms with Crippen LogP contribution >= 0.6 is 0 Å². The van der Waals surface area contributed by atoms with Gasteiger partial charge >= 0.3 is 11.9 Å². The lowest BCUT2D eigenvalue weighted by molar-refractivity contribution is -0.140. The third kappa shape index (κ3) is 5.22. The zero-order valence-corrected chi connectivity index (χ0v) is 20.2. The lowest BCUT2D eigenvalue weighted by Gasteiger charge is -2.19. The zero-order valence-electron chi connectivity index (χ0n) is 20.2. The number of methoxy groups -OCH3 is 2. The number of ether oxygens (including phenoxy) is 2. The Labute approximate surface area is 211 Å². The van der Waals surface area contributed by atoms with E-state index in [-0.39, 0.29) is 36.8 Å². The van der Waals surface area contributed by atoms with E-state index in [1.165, 1.54) is 14.2 Å². The Hall–Kier alpha value is -4.49. The molecule has 0 radical (unpaired) electrons. The number of hydrazine groups is 2. The standard InChI is InChI=1S/C24H25FN8O4/c1-36-21(34)12-32-19-7-16(5-3-14(19)9-27-32)29-23-18(25)11-26-24(31-23)30-17-6-4-15-10-28-33(20(15)8-17)13-22(35)37-2/h3-8,11,27-28H,9-10,12-13H2,1-2H3,(H2,26,29,30,31). The second-order valence-electron chi connectivity index (χ2n) is 8.32. The number of esters is 2. The van der Waals surface area contributed by atoms with Gasteiger partial charge in [-0.25, -0.2) is 20.2 Å². The highest BCUT2D eigenvalue weighted by Gasteiger charge is 2.23. The third-order valence-electron chi connectivity index (χ3n) is 5.97. The van der Waals surface area contributed by atoms with E-state index >= 15 is 0 Å². The molecule has 3 aromatic rings. The van der Waals surface area contributed by atoms with Crippen LogP contribution in [-0.2, 0) is 32.2 Å². The first-order chi connectivity index (χ1) is 17.9. The number of carbonyl (C=O) groups excluding carboxylic acids is 2. The van der Waals surface area contributed by atoms with Crippen LogP contribution in [0.3, 0.4) is 0 Å². The molecule has 2 aromatic carbocycles. The highest BCUT2D eigenvalue weighted by Crippen LogP contribution is 2.31. The smallest absolute Gasteiger partial charge is 0.326 e. The Bertz CT molecular complexity index is 1350. The molecule has 2 aliphatic rings. The van der Waals surface area contributed by atoms with Crippen molar-refractivity contribution in [2.75, 3.05) is 48.0 Å². The summed E-state index contributed by atoms with van der Waals surface area (Å²) in [5.41, 5.74) is 11.1. The number of halogens is 1. The van der Waals surface area contributed by atoms with Crippen LogP contribution in [0.2, 0.25) is 0 Å². The van der Waals surface area contributed by atoms with Gasteiger partial charge in [0.25, 0.3) is 0 Å². The molecule has 37 heavy (non-hydrogen) atoms. The number of fused-ring (bicyclic) bond motifs is 2. The maximum absolute atomic E-state index is 14.6. The molecule has 0 fully saturated rings. The van der Waals surface area contributed by atoms with Crippen molar-refractivity contribution in [1.82, 2.24) is 20.8 Å². The maximum Gasteiger partial charge on any atom is 0.326 e. The van der Waals surface area contributed by atoms with Gasteiger partial charge in [0, 0.05) is 24.5 Å². The van der Waals surface area contributed by atoms with Crippen molar-refractivity contribution in [3.63, 3.8) is 0 Å². The van der Waals surface area contributed by atoms with Crippen LogP contribution < -0.4 is 31.5 Å². The highest BCUT2D eigenvalue weighted by atomic mass is 19.1. The quantitative estimate of drug-likeness (QED) is 0.332. The van der Waals surface area contributed by atoms with Gasteiger partial charge in [0.05, 0.1) is 31.8 Å². The molecule has 1 aromatic heterocycles. The van der Waals surface area contributed by atoms with Crippen LogP contribution in [0.25, 0.3) is 0 Å². The number of carbonyl (C=O) groups is 2. The number of nitrogens with zero attached hydrogens (tertiary/aromatic N) is 4. The number of hydrogen-bond donors (Lipinski definition) is 4. The van der Waals surface area contributed by atoms with Gasteiger partial charge in [0.1, 0.15) is 13.1 Å². The summed E-state index contributed by atoms with van der Waals surface area (Å²) in [6, 6.07) is 11.1. The number of hydrogen-bond acceptors (Lipinski definition) is 12. The van der Waals surface area contributed by atoms with E-state index in [1.54, 1.807) is 22.2 Å². The van der Waals surface area contributed by atoms with Crippen molar-refractivity contribution < 1.29 is 23.5 Å². The van der Waals surface area contributed by atoms with Gasteiger partial charge in [-0.1, -0.05) is 12.1 Å². The molecule has 13 heteroatoms. The van der Waals surface area contributed by atoms with Crippen molar-refractivity contribution in [2.45, 2.75) is 13.1 Å². The SMILES string of the molecule is COC(=O)CN1NCc2ccc(Nc3ncc(F)c(Nc4ccc5c(c4)N(CC(=O)OC)NC5)n3)cc21. The van der Waals surface area contributed by atoms with E-state index in [2.05, 4.69) is 31.5 Å². The fraction of sp³-hybridized carbons (Fsp3) is 0.250. The Morgan fingerprint density at radius 1 is 0.919 bits per heavy atom. The minimum Gasteiger partial charge on any atom is -0.468 e. The van der Waals surface area contributed by atoms with Crippen LogP contribution in [0, 0.1) is 5.82 Å². The van der Waals surface area contributed by atoms with Crippen molar-refractivity contribution in [2.24, 2.45) is 0 Å². The molecule has 0 spiro atoms. The van der Waals surface area contributed by atoms with Gasteiger partial charge in [-0.2, -0.15) is 4.98 Å². The molecule has 2 aliphatic heterocycles. The predicted octanol–water partition coefficient (Wildman–Crippen LogP) is 2.10. The van der Waals surface area contributed by atoms with E-state index in [0.29, 0.717) is 24.5 Å². The Kier molecular flexibility index (Phi) is 6.70. The second kappa shape index (κ2) is 10.2. The predicted molar refractivity (Wildman–Crippen MR) is 134 cm³/mol. The fourth-order valence-electron chi connectivity index (χ4n) is 4.07. The normalized spacial score (nSPS) is 13.7. The monoisotopic (exact) mass is 508 g/mol. The molecule has 12 nitrogen and oxygen atoms in total. The summed E-state index contributed by atoms with van der Waals surface area (Å²) < 4.78 is 24.1. The maximum atomic E-state index is 14.6. The highest BCUT2D eigenvalue weighted by molar-refractivity contribution is 5.79. The average Bonchev–Trinajstić information content (AvgIpc) is 3.49. The molecular weight excluding hydrogens is 483 g/mol. The number of anilines is 6. The molecule has 4 N–H and O–H groups in total. The summed E-state index contributed by atoms with van der Waals surface area (Å²) in [5.74, 6) is -1.21. The summed E-state index contributed by atoms with van der Waals surface area (Å²) in [4.78, 5) is 31.8. The fourth-order valence-corrected chi connectivity index (χ4v) is 4.07. The minimum atomic E-state index is -0.627. The summed E-state index contributed by atoms with van der Waals surface area (Å²) in [5, 5.41) is 9.46. The first kappa shape index (κ1) is 24.2. The molecule has 0 saturated carbocycles. The summed E-state index contributed by atoms with van der Waals surface area (Å²) in [6.07, 6.45) is 1.08. The van der Waals surface area contributed by atoms with Crippen LogP contribution in [0.5, 0.6) is 0 Å². The van der Waals surface area contributed by atoms with Crippen molar-refractivity contribution in [1.29, 1.82) is 0 Å². The van der Waals surface area contributed by atoms with E-state index in [0.717, 1.165) is 28.7 Å². The molecule has 0 bridgehead atoms. The lowest BCUT2D eigenvalue weighted by atomic mass is 10.1. The van der Waals surface area contributed by atoms with Crippen LogP contribution in [0.15, 0.2) is 42.6 Å². The molecule has 0 saturated heterocycles. The van der Waals surface area contributed by atoms with E-state index in [9.17, 15) is 14.0 Å². The van der Waals surface area contributed by atoms with Crippen LogP contribution in [0.1, 0.15) is 11.1 Å². The molecular formula is C24H25FN8O4.